The number of benzene rings is 4. The fourth-order valence-electron chi connectivity index (χ4n) is 4.55. The molecule has 0 spiro atoms. The molecule has 0 aliphatic heterocycles. The molecule has 0 saturated carbocycles. The Morgan fingerprint density at radius 1 is 0.567 bits per heavy atom. The van der Waals surface area contributed by atoms with E-state index in [2.05, 4.69) is 112 Å². The molecule has 4 aromatic rings. The topological polar surface area (TPSA) is 0 Å². The molecule has 0 N–H and O–H groups in total. The van der Waals surface area contributed by atoms with E-state index >= 15 is 0 Å². The quantitative estimate of drug-likeness (QED) is 0.277. The summed E-state index contributed by atoms with van der Waals surface area (Å²) in [5, 5.41) is 0. The molecule has 1 aliphatic carbocycles. The molecule has 0 nitrogen and oxygen atoms in total. The van der Waals surface area contributed by atoms with E-state index in [0.717, 1.165) is 6.42 Å². The summed E-state index contributed by atoms with van der Waals surface area (Å²) < 4.78 is 0. The molecule has 0 saturated heterocycles. The van der Waals surface area contributed by atoms with Crippen molar-refractivity contribution in [1.82, 2.24) is 0 Å². The molecule has 0 radical (unpaired) electrons. The van der Waals surface area contributed by atoms with Gasteiger partial charge in [-0.2, -0.15) is 0 Å². The van der Waals surface area contributed by atoms with Gasteiger partial charge in [0, 0.05) is 0 Å². The van der Waals surface area contributed by atoms with Gasteiger partial charge in [-0.15, -0.1) is 0 Å². The van der Waals surface area contributed by atoms with Crippen LogP contribution in [-0.2, 0) is 6.42 Å². The van der Waals surface area contributed by atoms with Crippen LogP contribution in [0.1, 0.15) is 45.9 Å². The molecule has 0 heterocycles. The van der Waals surface area contributed by atoms with Crippen LogP contribution in [0.2, 0.25) is 0 Å². The maximum atomic E-state index is 2.40. The first-order valence-electron chi connectivity index (χ1n) is 10.7. The minimum absolute atomic E-state index is 1.03. The molecule has 4 aromatic carbocycles. The van der Waals surface area contributed by atoms with E-state index in [-0.39, 0.29) is 0 Å². The van der Waals surface area contributed by atoms with Gasteiger partial charge in [0.2, 0.25) is 0 Å². The van der Waals surface area contributed by atoms with Gasteiger partial charge in [-0.3, -0.25) is 0 Å². The normalized spacial score (nSPS) is 12.9. The Labute approximate surface area is 179 Å². The molecule has 0 aromatic heterocycles. The molecule has 146 valence electrons. The molecule has 0 unspecified atom stereocenters. The SMILES string of the molecule is C/C(=C(/c1ccc(C)cc1)c1ccc2c(c1)-c1ccccc1C2)c1ccc(C)cc1. The maximum absolute atomic E-state index is 2.40. The highest BCUT2D eigenvalue weighted by molar-refractivity contribution is 5.99. The second kappa shape index (κ2) is 7.46. The van der Waals surface area contributed by atoms with Gasteiger partial charge >= 0.3 is 0 Å². The van der Waals surface area contributed by atoms with Gasteiger partial charge in [-0.1, -0.05) is 96.1 Å². The third-order valence-electron chi connectivity index (χ3n) is 6.29. The highest BCUT2D eigenvalue weighted by Crippen LogP contribution is 2.40. The van der Waals surface area contributed by atoms with Gasteiger partial charge in [-0.25, -0.2) is 0 Å². The standard InChI is InChI=1S/C30H26/c1-20-8-12-23(13-9-20)22(3)30(24-14-10-21(2)11-15-24)27-17-16-26-18-25-6-4-5-7-28(25)29(26)19-27/h4-17,19H,18H2,1-3H3/b30-22+. The third kappa shape index (κ3) is 3.29. The Hall–Kier alpha value is -3.38. The van der Waals surface area contributed by atoms with Crippen molar-refractivity contribution < 1.29 is 0 Å². The van der Waals surface area contributed by atoms with E-state index in [1.54, 1.807) is 0 Å². The van der Waals surface area contributed by atoms with Crippen molar-refractivity contribution in [3.63, 3.8) is 0 Å². The van der Waals surface area contributed by atoms with Gasteiger partial charge in [-0.05, 0) is 83.3 Å². The van der Waals surface area contributed by atoms with Gasteiger partial charge < -0.3 is 0 Å². The maximum Gasteiger partial charge on any atom is -0.00134 e. The van der Waals surface area contributed by atoms with Gasteiger partial charge in [0.1, 0.15) is 0 Å². The van der Waals surface area contributed by atoms with Gasteiger partial charge in [0.25, 0.3) is 0 Å². The van der Waals surface area contributed by atoms with Crippen molar-refractivity contribution in [2.24, 2.45) is 0 Å². The summed E-state index contributed by atoms with van der Waals surface area (Å²) in [6, 6.07) is 33.6. The van der Waals surface area contributed by atoms with Gasteiger partial charge in [0.15, 0.2) is 0 Å². The average molecular weight is 387 g/mol. The largest absolute Gasteiger partial charge is 0.0619 e. The van der Waals surface area contributed by atoms with Crippen LogP contribution in [0.15, 0.2) is 91.0 Å². The molecule has 5 rings (SSSR count). The van der Waals surface area contributed by atoms with E-state index in [4.69, 9.17) is 0 Å². The lowest BCUT2D eigenvalue weighted by molar-refractivity contribution is 1.26. The van der Waals surface area contributed by atoms with Crippen molar-refractivity contribution in [1.29, 1.82) is 0 Å². The Morgan fingerprint density at radius 3 is 1.83 bits per heavy atom. The molecule has 0 bridgehead atoms. The van der Waals surface area contributed by atoms with Crippen LogP contribution < -0.4 is 0 Å². The van der Waals surface area contributed by atoms with Crippen molar-refractivity contribution in [3.05, 3.63) is 130 Å². The molecule has 0 fully saturated rings. The zero-order valence-corrected chi connectivity index (χ0v) is 17.9. The predicted octanol–water partition coefficient (Wildman–Crippen LogP) is 7.85. The Bertz CT molecular complexity index is 1250. The zero-order valence-electron chi connectivity index (χ0n) is 17.9. The number of hydrogen-bond acceptors (Lipinski definition) is 0. The Balaban J connectivity index is 1.72. The summed E-state index contributed by atoms with van der Waals surface area (Å²) in [5.41, 5.74) is 14.6. The van der Waals surface area contributed by atoms with Gasteiger partial charge in [0.05, 0.1) is 0 Å². The van der Waals surface area contributed by atoms with Crippen molar-refractivity contribution in [3.8, 4) is 11.1 Å². The second-order valence-corrected chi connectivity index (χ2v) is 8.44. The lowest BCUT2D eigenvalue weighted by Crippen LogP contribution is -1.95. The average Bonchev–Trinajstić information content (AvgIpc) is 3.14. The number of allylic oxidation sites excluding steroid dienone is 1. The van der Waals surface area contributed by atoms with E-state index in [1.807, 2.05) is 0 Å². The van der Waals surface area contributed by atoms with E-state index in [0.29, 0.717) is 0 Å². The molecule has 30 heavy (non-hydrogen) atoms. The van der Waals surface area contributed by atoms with E-state index < -0.39 is 0 Å². The number of aryl methyl sites for hydroxylation is 2. The van der Waals surface area contributed by atoms with Crippen LogP contribution in [0.3, 0.4) is 0 Å². The first-order chi connectivity index (χ1) is 14.6. The van der Waals surface area contributed by atoms with Crippen molar-refractivity contribution >= 4 is 11.1 Å². The fraction of sp³-hybridized carbons (Fsp3) is 0.133. The summed E-state index contributed by atoms with van der Waals surface area (Å²) >= 11 is 0. The number of fused-ring (bicyclic) bond motifs is 3. The summed E-state index contributed by atoms with van der Waals surface area (Å²) in [7, 11) is 0. The van der Waals surface area contributed by atoms with Crippen LogP contribution in [0, 0.1) is 13.8 Å². The third-order valence-corrected chi connectivity index (χ3v) is 6.29. The molecular formula is C30H26. The first-order valence-corrected chi connectivity index (χ1v) is 10.7. The fourth-order valence-corrected chi connectivity index (χ4v) is 4.55. The lowest BCUT2D eigenvalue weighted by Gasteiger charge is -2.16. The van der Waals surface area contributed by atoms with Crippen LogP contribution >= 0.6 is 0 Å². The Kier molecular flexibility index (Phi) is 4.64. The summed E-state index contributed by atoms with van der Waals surface area (Å²) in [6.45, 7) is 6.54. The lowest BCUT2D eigenvalue weighted by atomic mass is 9.88. The van der Waals surface area contributed by atoms with Crippen LogP contribution in [0.25, 0.3) is 22.3 Å². The molecule has 0 heteroatoms. The summed E-state index contributed by atoms with van der Waals surface area (Å²) in [6.07, 6.45) is 1.03. The smallest absolute Gasteiger partial charge is 0.00134 e. The Morgan fingerprint density at radius 2 is 1.13 bits per heavy atom. The van der Waals surface area contributed by atoms with Crippen LogP contribution in [0.5, 0.6) is 0 Å². The van der Waals surface area contributed by atoms with E-state index in [9.17, 15) is 0 Å². The molecule has 0 atom stereocenters. The minimum atomic E-state index is 1.03. The number of rotatable bonds is 3. The highest BCUT2D eigenvalue weighted by Gasteiger charge is 2.20. The van der Waals surface area contributed by atoms with Crippen molar-refractivity contribution in [2.75, 3.05) is 0 Å². The molecular weight excluding hydrogens is 360 g/mol. The summed E-state index contributed by atoms with van der Waals surface area (Å²) in [5.74, 6) is 0. The van der Waals surface area contributed by atoms with E-state index in [1.165, 1.54) is 61.2 Å². The van der Waals surface area contributed by atoms with Crippen LogP contribution in [-0.4, -0.2) is 0 Å². The highest BCUT2D eigenvalue weighted by atomic mass is 14.2. The summed E-state index contributed by atoms with van der Waals surface area (Å²) in [4.78, 5) is 0. The molecule has 1 aliphatic rings. The zero-order chi connectivity index (χ0) is 20.7. The molecule has 0 amide bonds. The second-order valence-electron chi connectivity index (χ2n) is 8.44. The minimum Gasteiger partial charge on any atom is -0.0619 e. The first kappa shape index (κ1) is 18.6. The number of hydrogen-bond donors (Lipinski definition) is 0. The van der Waals surface area contributed by atoms with Crippen LogP contribution in [0.4, 0.5) is 0 Å². The van der Waals surface area contributed by atoms with Crippen molar-refractivity contribution in [2.45, 2.75) is 27.2 Å². The predicted molar refractivity (Wildman–Crippen MR) is 129 cm³/mol. The monoisotopic (exact) mass is 386 g/mol.